The zero-order valence-electron chi connectivity index (χ0n) is 8.78. The average molecular weight is 210 g/mol. The molecular weight excluding hydrogens is 195 g/mol. The molecule has 76 valence electrons. The van der Waals surface area contributed by atoms with Crippen molar-refractivity contribution in [1.29, 1.82) is 0 Å². The van der Waals surface area contributed by atoms with Crippen LogP contribution in [0, 0.1) is 0 Å². The Bertz CT molecular complexity index is 415. The maximum atomic E-state index is 12.4. The predicted octanol–water partition coefficient (Wildman–Crippen LogP) is 3.66. The van der Waals surface area contributed by atoms with Gasteiger partial charge in [-0.25, -0.2) is 0 Å². The SMILES string of the molecule is CC1=C(C)C(c2ccco2)P(C)(=O)C1. The van der Waals surface area contributed by atoms with Crippen LogP contribution in [0.5, 0.6) is 0 Å². The second kappa shape index (κ2) is 3.13. The molecule has 3 heteroatoms. The first-order valence-electron chi connectivity index (χ1n) is 4.78. The molecule has 0 aliphatic carbocycles. The Hall–Kier alpha value is -0.750. The first-order chi connectivity index (χ1) is 6.52. The van der Waals surface area contributed by atoms with Crippen molar-refractivity contribution in [2.24, 2.45) is 0 Å². The van der Waals surface area contributed by atoms with Gasteiger partial charge < -0.3 is 8.98 Å². The van der Waals surface area contributed by atoms with E-state index in [2.05, 4.69) is 13.8 Å². The molecule has 0 spiro atoms. The van der Waals surface area contributed by atoms with Crippen molar-refractivity contribution in [3.8, 4) is 0 Å². The highest BCUT2D eigenvalue weighted by atomic mass is 31.2. The van der Waals surface area contributed by atoms with E-state index in [4.69, 9.17) is 4.42 Å². The van der Waals surface area contributed by atoms with Gasteiger partial charge in [-0.15, -0.1) is 0 Å². The van der Waals surface area contributed by atoms with Crippen molar-refractivity contribution in [2.75, 3.05) is 12.8 Å². The summed E-state index contributed by atoms with van der Waals surface area (Å²) in [5.41, 5.74) is 2.51. The summed E-state index contributed by atoms with van der Waals surface area (Å²) in [5.74, 6) is 0.852. The lowest BCUT2D eigenvalue weighted by Crippen LogP contribution is -1.95. The summed E-state index contributed by atoms with van der Waals surface area (Å²) in [6.07, 6.45) is 2.39. The van der Waals surface area contributed by atoms with Gasteiger partial charge in [0.1, 0.15) is 12.9 Å². The lowest BCUT2D eigenvalue weighted by atomic mass is 10.1. The fraction of sp³-hybridized carbons (Fsp3) is 0.455. The molecule has 0 radical (unpaired) electrons. The number of furan rings is 1. The fourth-order valence-electron chi connectivity index (χ4n) is 2.26. The topological polar surface area (TPSA) is 30.2 Å². The Labute approximate surface area is 84.4 Å². The molecule has 1 aliphatic rings. The van der Waals surface area contributed by atoms with Crippen LogP contribution in [0.4, 0.5) is 0 Å². The van der Waals surface area contributed by atoms with Crippen LogP contribution in [-0.4, -0.2) is 12.8 Å². The standard InChI is InChI=1S/C11H15O2P/c1-8-7-14(3,12)11(9(8)2)10-5-4-6-13-10/h4-6,11H,7H2,1-3H3. The van der Waals surface area contributed by atoms with Crippen molar-refractivity contribution >= 4 is 7.14 Å². The molecule has 0 amide bonds. The Morgan fingerprint density at radius 1 is 1.50 bits per heavy atom. The molecule has 14 heavy (non-hydrogen) atoms. The minimum atomic E-state index is -2.12. The van der Waals surface area contributed by atoms with Gasteiger partial charge in [0.25, 0.3) is 0 Å². The smallest absolute Gasteiger partial charge is 0.118 e. The summed E-state index contributed by atoms with van der Waals surface area (Å²) in [5, 5.41) is 0. The van der Waals surface area contributed by atoms with Crippen LogP contribution in [0.15, 0.2) is 34.0 Å². The van der Waals surface area contributed by atoms with Gasteiger partial charge in [-0.05, 0) is 32.6 Å². The van der Waals surface area contributed by atoms with Crippen molar-refractivity contribution in [3.63, 3.8) is 0 Å². The van der Waals surface area contributed by atoms with E-state index in [-0.39, 0.29) is 5.66 Å². The zero-order valence-corrected chi connectivity index (χ0v) is 9.67. The van der Waals surface area contributed by atoms with E-state index in [0.29, 0.717) is 0 Å². The van der Waals surface area contributed by atoms with Gasteiger partial charge >= 0.3 is 0 Å². The van der Waals surface area contributed by atoms with Gasteiger partial charge in [0.05, 0.1) is 11.9 Å². The number of hydrogen-bond donors (Lipinski definition) is 0. The van der Waals surface area contributed by atoms with Crippen LogP contribution >= 0.6 is 7.14 Å². The molecule has 0 N–H and O–H groups in total. The third-order valence-electron chi connectivity index (χ3n) is 2.99. The van der Waals surface area contributed by atoms with Gasteiger partial charge in [-0.1, -0.05) is 11.1 Å². The van der Waals surface area contributed by atoms with Crippen molar-refractivity contribution in [3.05, 3.63) is 35.3 Å². The molecule has 2 heterocycles. The molecule has 2 unspecified atom stereocenters. The van der Waals surface area contributed by atoms with Gasteiger partial charge in [0.2, 0.25) is 0 Å². The highest BCUT2D eigenvalue weighted by Crippen LogP contribution is 2.65. The largest absolute Gasteiger partial charge is 0.468 e. The van der Waals surface area contributed by atoms with Gasteiger partial charge in [0, 0.05) is 6.16 Å². The third kappa shape index (κ3) is 1.38. The van der Waals surface area contributed by atoms with E-state index in [1.54, 1.807) is 6.26 Å². The number of allylic oxidation sites excluding steroid dienone is 2. The van der Waals surface area contributed by atoms with Gasteiger partial charge in [0.15, 0.2) is 0 Å². The minimum Gasteiger partial charge on any atom is -0.468 e. The Morgan fingerprint density at radius 2 is 2.21 bits per heavy atom. The number of hydrogen-bond acceptors (Lipinski definition) is 2. The van der Waals surface area contributed by atoms with Crippen molar-refractivity contribution in [2.45, 2.75) is 19.5 Å². The first-order valence-corrected chi connectivity index (χ1v) is 7.19. The summed E-state index contributed by atoms with van der Waals surface area (Å²) in [6.45, 7) is 6.00. The van der Waals surface area contributed by atoms with E-state index in [0.717, 1.165) is 11.9 Å². The van der Waals surface area contributed by atoms with E-state index >= 15 is 0 Å². The molecule has 1 aromatic rings. The van der Waals surface area contributed by atoms with E-state index in [1.165, 1.54) is 11.1 Å². The normalized spacial score (nSPS) is 32.6. The molecule has 0 fully saturated rings. The lowest BCUT2D eigenvalue weighted by molar-refractivity contribution is 0.506. The van der Waals surface area contributed by atoms with E-state index in [9.17, 15) is 4.57 Å². The molecule has 0 bridgehead atoms. The first kappa shape index (κ1) is 9.79. The summed E-state index contributed by atoms with van der Waals surface area (Å²) >= 11 is 0. The van der Waals surface area contributed by atoms with Crippen LogP contribution in [-0.2, 0) is 4.57 Å². The molecule has 0 aromatic carbocycles. The van der Waals surface area contributed by atoms with E-state index < -0.39 is 7.14 Å². The quantitative estimate of drug-likeness (QED) is 0.523. The Kier molecular flexibility index (Phi) is 2.19. The second-order valence-corrected chi connectivity index (χ2v) is 7.39. The maximum absolute atomic E-state index is 12.4. The summed E-state index contributed by atoms with van der Waals surface area (Å²) in [6, 6.07) is 3.78. The third-order valence-corrected chi connectivity index (χ3v) is 5.83. The van der Waals surface area contributed by atoms with Crippen molar-refractivity contribution < 1.29 is 8.98 Å². The van der Waals surface area contributed by atoms with Crippen LogP contribution < -0.4 is 0 Å². The second-order valence-electron chi connectivity index (χ2n) is 4.21. The summed E-state index contributed by atoms with van der Waals surface area (Å²) in [7, 11) is -2.12. The summed E-state index contributed by atoms with van der Waals surface area (Å²) < 4.78 is 17.7. The fourth-order valence-corrected chi connectivity index (χ4v) is 5.36. The maximum Gasteiger partial charge on any atom is 0.118 e. The molecule has 0 saturated heterocycles. The zero-order chi connectivity index (χ0) is 10.3. The number of rotatable bonds is 1. The Balaban J connectivity index is 2.48. The predicted molar refractivity (Wildman–Crippen MR) is 58.2 cm³/mol. The molecule has 1 aromatic heterocycles. The molecule has 0 saturated carbocycles. The monoisotopic (exact) mass is 210 g/mol. The van der Waals surface area contributed by atoms with E-state index in [1.807, 2.05) is 18.8 Å². The van der Waals surface area contributed by atoms with Crippen molar-refractivity contribution in [1.82, 2.24) is 0 Å². The van der Waals surface area contributed by atoms with Gasteiger partial charge in [-0.3, -0.25) is 0 Å². The Morgan fingerprint density at radius 3 is 2.64 bits per heavy atom. The van der Waals surface area contributed by atoms with Crippen LogP contribution in [0.25, 0.3) is 0 Å². The van der Waals surface area contributed by atoms with Crippen LogP contribution in [0.1, 0.15) is 25.3 Å². The molecule has 1 aliphatic heterocycles. The molecular formula is C11H15O2P. The molecule has 2 nitrogen and oxygen atoms in total. The highest BCUT2D eigenvalue weighted by Gasteiger charge is 2.39. The summed E-state index contributed by atoms with van der Waals surface area (Å²) in [4.78, 5) is 0. The van der Waals surface area contributed by atoms with Crippen LogP contribution in [0.3, 0.4) is 0 Å². The minimum absolute atomic E-state index is 0.0255. The van der Waals surface area contributed by atoms with Gasteiger partial charge in [-0.2, -0.15) is 0 Å². The van der Waals surface area contributed by atoms with Crippen LogP contribution in [0.2, 0.25) is 0 Å². The highest BCUT2D eigenvalue weighted by molar-refractivity contribution is 7.64. The molecule has 2 rings (SSSR count). The average Bonchev–Trinajstić information content (AvgIpc) is 2.60. The molecule has 2 atom stereocenters. The lowest BCUT2D eigenvalue weighted by Gasteiger charge is -2.15.